The van der Waals surface area contributed by atoms with E-state index in [0.717, 1.165) is 0 Å². The Bertz CT molecular complexity index is 767. The molecule has 1 aliphatic rings. The van der Waals surface area contributed by atoms with Gasteiger partial charge in [0.15, 0.2) is 0 Å². The molecule has 9 heteroatoms. The topological polar surface area (TPSA) is 87.7 Å². The minimum atomic E-state index is -0.585. The summed E-state index contributed by atoms with van der Waals surface area (Å²) in [5.41, 5.74) is -0.596. The molecule has 1 fully saturated rings. The molecule has 160 valence electrons. The van der Waals surface area contributed by atoms with Crippen LogP contribution in [0.5, 0.6) is 0 Å². The van der Waals surface area contributed by atoms with Crippen LogP contribution in [0, 0.1) is 11.7 Å². The summed E-state index contributed by atoms with van der Waals surface area (Å²) in [6.45, 7) is 6.51. The van der Waals surface area contributed by atoms with Crippen LogP contribution in [0.1, 0.15) is 44.0 Å². The second kappa shape index (κ2) is 10.0. The van der Waals surface area contributed by atoms with Gasteiger partial charge in [0, 0.05) is 30.7 Å². The van der Waals surface area contributed by atoms with Crippen LogP contribution in [0.15, 0.2) is 22.7 Å². The molecule has 0 aliphatic carbocycles. The lowest BCUT2D eigenvalue weighted by molar-refractivity contribution is -0.126. The summed E-state index contributed by atoms with van der Waals surface area (Å²) in [6, 6.07) is 4.22. The van der Waals surface area contributed by atoms with E-state index < -0.39 is 23.4 Å². The van der Waals surface area contributed by atoms with Gasteiger partial charge in [-0.15, -0.1) is 0 Å². The Morgan fingerprint density at radius 3 is 2.62 bits per heavy atom. The summed E-state index contributed by atoms with van der Waals surface area (Å²) in [6.07, 6.45) is 0.767. The number of nitrogens with zero attached hydrogens (tertiary/aromatic N) is 1. The lowest BCUT2D eigenvalue weighted by Gasteiger charge is -2.32. The van der Waals surface area contributed by atoms with Crippen LogP contribution in [-0.4, -0.2) is 54.6 Å². The van der Waals surface area contributed by atoms with Gasteiger partial charge >= 0.3 is 6.09 Å². The molecule has 1 aliphatic heterocycles. The first kappa shape index (κ1) is 23.1. The van der Waals surface area contributed by atoms with Crippen molar-refractivity contribution >= 4 is 33.8 Å². The summed E-state index contributed by atoms with van der Waals surface area (Å²) in [4.78, 5) is 38.2. The van der Waals surface area contributed by atoms with Crippen molar-refractivity contribution in [2.24, 2.45) is 5.92 Å². The van der Waals surface area contributed by atoms with Gasteiger partial charge < -0.3 is 20.3 Å². The second-order valence-corrected chi connectivity index (χ2v) is 8.85. The third-order valence-electron chi connectivity index (χ3n) is 4.33. The lowest BCUT2D eigenvalue weighted by Crippen LogP contribution is -2.46. The van der Waals surface area contributed by atoms with Gasteiger partial charge in [-0.25, -0.2) is 9.18 Å². The van der Waals surface area contributed by atoms with Gasteiger partial charge in [0.05, 0.1) is 11.5 Å². The molecule has 1 atom stereocenters. The van der Waals surface area contributed by atoms with Gasteiger partial charge in [0.2, 0.25) is 5.91 Å². The van der Waals surface area contributed by atoms with Crippen molar-refractivity contribution in [2.75, 3.05) is 26.2 Å². The van der Waals surface area contributed by atoms with E-state index in [0.29, 0.717) is 23.9 Å². The predicted molar refractivity (Wildman–Crippen MR) is 110 cm³/mol. The largest absolute Gasteiger partial charge is 0.444 e. The van der Waals surface area contributed by atoms with Crippen LogP contribution < -0.4 is 10.6 Å². The normalized spacial score (nSPS) is 16.9. The number of rotatable bonds is 5. The minimum absolute atomic E-state index is 0.0120. The standard InChI is InChI=1S/C20H27BrFN3O4/c1-20(2,3)29-19(28)24-9-8-23-17(26)13-5-4-10-25(12-13)18(27)15-11-14(21)6-7-16(15)22/h6-7,11,13H,4-5,8-10,12H2,1-3H3,(H,23,26)(H,24,28). The van der Waals surface area contributed by atoms with Crippen molar-refractivity contribution in [3.05, 3.63) is 34.1 Å². The van der Waals surface area contributed by atoms with Crippen molar-refractivity contribution in [3.8, 4) is 0 Å². The number of carbonyl (C=O) groups excluding carboxylic acids is 3. The number of halogens is 2. The van der Waals surface area contributed by atoms with Gasteiger partial charge in [-0.05, 0) is 51.8 Å². The maximum atomic E-state index is 14.0. The number of nitrogens with one attached hydrogen (secondary N) is 2. The molecular weight excluding hydrogens is 445 g/mol. The average molecular weight is 472 g/mol. The summed E-state index contributed by atoms with van der Waals surface area (Å²) in [7, 11) is 0. The molecule has 0 bridgehead atoms. The van der Waals surface area contributed by atoms with E-state index >= 15 is 0 Å². The quantitative estimate of drug-likeness (QED) is 0.645. The molecule has 7 nitrogen and oxygen atoms in total. The first-order chi connectivity index (χ1) is 13.6. The van der Waals surface area contributed by atoms with E-state index in [1.165, 1.54) is 23.1 Å². The van der Waals surface area contributed by atoms with Crippen molar-refractivity contribution in [1.82, 2.24) is 15.5 Å². The van der Waals surface area contributed by atoms with E-state index in [1.54, 1.807) is 20.8 Å². The molecule has 29 heavy (non-hydrogen) atoms. The molecule has 3 amide bonds. The van der Waals surface area contributed by atoms with Crippen LogP contribution in [0.4, 0.5) is 9.18 Å². The molecule has 0 saturated carbocycles. The molecule has 2 rings (SSSR count). The van der Waals surface area contributed by atoms with Crippen LogP contribution in [0.2, 0.25) is 0 Å². The minimum Gasteiger partial charge on any atom is -0.444 e. The predicted octanol–water partition coefficient (Wildman–Crippen LogP) is 3.08. The SMILES string of the molecule is CC(C)(C)OC(=O)NCCNC(=O)C1CCCN(C(=O)c2cc(Br)ccc2F)C1. The van der Waals surface area contributed by atoms with Gasteiger partial charge in [0.1, 0.15) is 11.4 Å². The fraction of sp³-hybridized carbons (Fsp3) is 0.550. The number of hydrogen-bond donors (Lipinski definition) is 2. The zero-order valence-corrected chi connectivity index (χ0v) is 18.5. The Kier molecular flexibility index (Phi) is 8.01. The van der Waals surface area contributed by atoms with E-state index in [9.17, 15) is 18.8 Å². The third kappa shape index (κ3) is 7.30. The number of amides is 3. The number of carbonyl (C=O) groups is 3. The fourth-order valence-electron chi connectivity index (χ4n) is 3.02. The van der Waals surface area contributed by atoms with Crippen molar-refractivity contribution in [3.63, 3.8) is 0 Å². The van der Waals surface area contributed by atoms with E-state index in [2.05, 4.69) is 26.6 Å². The first-order valence-corrected chi connectivity index (χ1v) is 10.3. The highest BCUT2D eigenvalue weighted by atomic mass is 79.9. The molecule has 0 aromatic heterocycles. The van der Waals surface area contributed by atoms with Gasteiger partial charge in [-0.2, -0.15) is 0 Å². The zero-order valence-electron chi connectivity index (χ0n) is 16.9. The molecular formula is C20H27BrFN3O4. The van der Waals surface area contributed by atoms with Gasteiger partial charge in [-0.1, -0.05) is 15.9 Å². The van der Waals surface area contributed by atoms with Crippen molar-refractivity contribution < 1.29 is 23.5 Å². The van der Waals surface area contributed by atoms with Gasteiger partial charge in [-0.3, -0.25) is 9.59 Å². The Morgan fingerprint density at radius 1 is 1.24 bits per heavy atom. The summed E-state index contributed by atoms with van der Waals surface area (Å²) >= 11 is 3.24. The number of piperidine rings is 1. The Hall–Kier alpha value is -2.16. The number of ether oxygens (including phenoxy) is 1. The van der Waals surface area contributed by atoms with Crippen molar-refractivity contribution in [1.29, 1.82) is 0 Å². The van der Waals surface area contributed by atoms with Crippen LogP contribution in [-0.2, 0) is 9.53 Å². The number of benzene rings is 1. The van der Waals surface area contributed by atoms with Crippen LogP contribution in [0.25, 0.3) is 0 Å². The molecule has 1 heterocycles. The lowest BCUT2D eigenvalue weighted by atomic mass is 9.96. The van der Waals surface area contributed by atoms with E-state index in [1.807, 2.05) is 0 Å². The van der Waals surface area contributed by atoms with Crippen LogP contribution >= 0.6 is 15.9 Å². The Labute approximate surface area is 178 Å². The number of hydrogen-bond acceptors (Lipinski definition) is 4. The average Bonchev–Trinajstić information content (AvgIpc) is 2.65. The molecule has 2 N–H and O–H groups in total. The monoisotopic (exact) mass is 471 g/mol. The molecule has 1 saturated heterocycles. The first-order valence-electron chi connectivity index (χ1n) is 9.55. The van der Waals surface area contributed by atoms with Crippen LogP contribution in [0.3, 0.4) is 0 Å². The van der Waals surface area contributed by atoms with E-state index in [-0.39, 0.29) is 37.0 Å². The maximum absolute atomic E-state index is 14.0. The summed E-state index contributed by atoms with van der Waals surface area (Å²) < 4.78 is 19.7. The Morgan fingerprint density at radius 2 is 1.93 bits per heavy atom. The summed E-state index contributed by atoms with van der Waals surface area (Å²) in [5.74, 6) is -1.57. The maximum Gasteiger partial charge on any atom is 0.407 e. The highest BCUT2D eigenvalue weighted by Gasteiger charge is 2.30. The molecule has 0 spiro atoms. The smallest absolute Gasteiger partial charge is 0.407 e. The van der Waals surface area contributed by atoms with E-state index in [4.69, 9.17) is 4.74 Å². The molecule has 1 aromatic rings. The second-order valence-electron chi connectivity index (χ2n) is 7.93. The molecule has 1 unspecified atom stereocenters. The molecule has 1 aromatic carbocycles. The third-order valence-corrected chi connectivity index (χ3v) is 4.82. The summed E-state index contributed by atoms with van der Waals surface area (Å²) in [5, 5.41) is 5.33. The Balaban J connectivity index is 1.82. The fourth-order valence-corrected chi connectivity index (χ4v) is 3.38. The van der Waals surface area contributed by atoms with Gasteiger partial charge in [0.25, 0.3) is 5.91 Å². The highest BCUT2D eigenvalue weighted by molar-refractivity contribution is 9.10. The number of likely N-dealkylation sites (tertiary alicyclic amines) is 1. The number of alkyl carbamates (subject to hydrolysis) is 1. The van der Waals surface area contributed by atoms with Crippen molar-refractivity contribution in [2.45, 2.75) is 39.2 Å². The molecule has 0 radical (unpaired) electrons. The zero-order chi connectivity index (χ0) is 21.6. The highest BCUT2D eigenvalue weighted by Crippen LogP contribution is 2.22.